The Morgan fingerprint density at radius 1 is 0.974 bits per heavy atom. The molecule has 39 heavy (non-hydrogen) atoms. The van der Waals surface area contributed by atoms with Crippen LogP contribution in [0.4, 0.5) is 4.79 Å². The summed E-state index contributed by atoms with van der Waals surface area (Å²) in [6.07, 6.45) is 15.0. The van der Waals surface area contributed by atoms with E-state index < -0.39 is 6.09 Å². The Morgan fingerprint density at radius 2 is 1.64 bits per heavy atom. The molecule has 0 saturated carbocycles. The minimum absolute atomic E-state index is 0.189. The Kier molecular flexibility index (Phi) is 11.5. The van der Waals surface area contributed by atoms with Crippen molar-refractivity contribution in [2.75, 3.05) is 0 Å². The Balaban J connectivity index is 1.47. The van der Waals surface area contributed by atoms with E-state index in [1.807, 2.05) is 49.4 Å². The Bertz CT molecular complexity index is 1190. The SMILES string of the molecule is CC(C)=CCC/C(C)=C/CC/C(C)=C/CC[C@]1(C)CCc2cc(OC(=O)NCc3ccccc3)cc(C)c2O1. The standard InChI is InChI=1S/C35H47NO3/c1-26(2)13-10-14-27(3)15-11-16-28(4)17-12-21-35(6)22-20-31-24-32(23-29(5)33(31)39-35)38-34(37)36-25-30-18-8-7-9-19-30/h7-9,13,15,17-19,23-24H,10-12,14,16,20-22,25H2,1-6H3,(H,36,37)/b27-15+,28-17+/t35-/m1/s1. The Morgan fingerprint density at radius 3 is 2.33 bits per heavy atom. The molecule has 1 N–H and O–H groups in total. The van der Waals surface area contributed by atoms with Crippen LogP contribution in [0.25, 0.3) is 0 Å². The summed E-state index contributed by atoms with van der Waals surface area (Å²) in [5.41, 5.74) is 7.29. The normalized spacial score (nSPS) is 17.2. The second-order valence-corrected chi connectivity index (χ2v) is 11.5. The van der Waals surface area contributed by atoms with Crippen molar-refractivity contribution in [2.45, 2.75) is 105 Å². The molecule has 4 nitrogen and oxygen atoms in total. The fourth-order valence-corrected chi connectivity index (χ4v) is 4.95. The van der Waals surface area contributed by atoms with Crippen LogP contribution in [-0.4, -0.2) is 11.7 Å². The summed E-state index contributed by atoms with van der Waals surface area (Å²) in [5, 5.41) is 2.82. The van der Waals surface area contributed by atoms with Gasteiger partial charge in [-0.05, 0) is 122 Å². The van der Waals surface area contributed by atoms with Crippen molar-refractivity contribution in [2.24, 2.45) is 0 Å². The van der Waals surface area contributed by atoms with Gasteiger partial charge in [0, 0.05) is 6.54 Å². The molecule has 0 fully saturated rings. The van der Waals surface area contributed by atoms with Crippen LogP contribution in [0.2, 0.25) is 0 Å². The minimum atomic E-state index is -0.448. The molecule has 1 aliphatic rings. The third-order valence-corrected chi connectivity index (χ3v) is 7.38. The van der Waals surface area contributed by atoms with E-state index in [0.29, 0.717) is 12.3 Å². The molecule has 2 aromatic carbocycles. The fourth-order valence-electron chi connectivity index (χ4n) is 4.95. The van der Waals surface area contributed by atoms with E-state index in [2.05, 4.69) is 58.2 Å². The molecule has 1 amide bonds. The number of fused-ring (bicyclic) bond motifs is 1. The van der Waals surface area contributed by atoms with Crippen LogP contribution in [-0.2, 0) is 13.0 Å². The van der Waals surface area contributed by atoms with Crippen molar-refractivity contribution < 1.29 is 14.3 Å². The predicted octanol–water partition coefficient (Wildman–Crippen LogP) is 9.57. The van der Waals surface area contributed by atoms with Crippen LogP contribution in [0.5, 0.6) is 11.5 Å². The molecule has 1 aliphatic heterocycles. The van der Waals surface area contributed by atoms with Gasteiger partial charge in [0.1, 0.15) is 17.1 Å². The molecular formula is C35H47NO3. The van der Waals surface area contributed by atoms with Gasteiger partial charge in [0.25, 0.3) is 0 Å². The number of carbonyl (C=O) groups excluding carboxylic acids is 1. The molecule has 0 aliphatic carbocycles. The van der Waals surface area contributed by atoms with Crippen molar-refractivity contribution in [3.63, 3.8) is 0 Å². The number of hydrogen-bond donors (Lipinski definition) is 1. The molecule has 3 rings (SSSR count). The molecule has 0 spiro atoms. The van der Waals surface area contributed by atoms with Crippen LogP contribution in [0.3, 0.4) is 0 Å². The highest BCUT2D eigenvalue weighted by atomic mass is 16.6. The Labute approximate surface area is 236 Å². The number of ether oxygens (including phenoxy) is 2. The second kappa shape index (κ2) is 14.8. The first kappa shape index (κ1) is 30.3. The molecular weight excluding hydrogens is 482 g/mol. The summed E-state index contributed by atoms with van der Waals surface area (Å²) in [6, 6.07) is 13.7. The average Bonchev–Trinajstić information content (AvgIpc) is 2.88. The second-order valence-electron chi connectivity index (χ2n) is 11.5. The molecule has 1 atom stereocenters. The number of carbonyl (C=O) groups is 1. The summed E-state index contributed by atoms with van der Waals surface area (Å²) in [6.45, 7) is 13.5. The third-order valence-electron chi connectivity index (χ3n) is 7.38. The van der Waals surface area contributed by atoms with Crippen molar-refractivity contribution in [3.8, 4) is 11.5 Å². The zero-order valence-corrected chi connectivity index (χ0v) is 24.9. The van der Waals surface area contributed by atoms with Gasteiger partial charge in [-0.1, -0.05) is 65.3 Å². The lowest BCUT2D eigenvalue weighted by atomic mass is 9.87. The molecule has 1 heterocycles. The lowest BCUT2D eigenvalue weighted by Gasteiger charge is -2.37. The highest BCUT2D eigenvalue weighted by molar-refractivity contribution is 5.70. The number of hydrogen-bond acceptors (Lipinski definition) is 3. The van der Waals surface area contributed by atoms with E-state index in [0.717, 1.165) is 73.8 Å². The zero-order chi connectivity index (χ0) is 28.3. The number of rotatable bonds is 12. The first-order valence-electron chi connectivity index (χ1n) is 14.4. The van der Waals surface area contributed by atoms with Crippen molar-refractivity contribution in [3.05, 3.63) is 94.1 Å². The topological polar surface area (TPSA) is 47.6 Å². The van der Waals surface area contributed by atoms with Gasteiger partial charge in [-0.2, -0.15) is 0 Å². The predicted molar refractivity (Wildman–Crippen MR) is 162 cm³/mol. The van der Waals surface area contributed by atoms with E-state index in [-0.39, 0.29) is 5.60 Å². The van der Waals surface area contributed by atoms with Gasteiger partial charge < -0.3 is 14.8 Å². The lowest BCUT2D eigenvalue weighted by molar-refractivity contribution is 0.0561. The third kappa shape index (κ3) is 10.4. The molecule has 0 aromatic heterocycles. The fraction of sp³-hybridized carbons (Fsp3) is 0.457. The maximum Gasteiger partial charge on any atom is 0.412 e. The number of amides is 1. The molecule has 0 bridgehead atoms. The van der Waals surface area contributed by atoms with Crippen molar-refractivity contribution >= 4 is 6.09 Å². The molecule has 210 valence electrons. The minimum Gasteiger partial charge on any atom is -0.487 e. The smallest absolute Gasteiger partial charge is 0.412 e. The van der Waals surface area contributed by atoms with Gasteiger partial charge >= 0.3 is 6.09 Å². The molecule has 0 saturated heterocycles. The highest BCUT2D eigenvalue weighted by Crippen LogP contribution is 2.40. The Hall–Kier alpha value is -3.27. The van der Waals surface area contributed by atoms with Crippen molar-refractivity contribution in [1.29, 1.82) is 0 Å². The van der Waals surface area contributed by atoms with Crippen molar-refractivity contribution in [1.82, 2.24) is 5.32 Å². The van der Waals surface area contributed by atoms with Gasteiger partial charge in [0.2, 0.25) is 0 Å². The number of allylic oxidation sites excluding steroid dienone is 6. The van der Waals surface area contributed by atoms with E-state index in [4.69, 9.17) is 9.47 Å². The van der Waals surface area contributed by atoms with E-state index in [1.54, 1.807) is 0 Å². The van der Waals surface area contributed by atoms with E-state index in [9.17, 15) is 4.79 Å². The van der Waals surface area contributed by atoms with Crippen LogP contribution in [0, 0.1) is 6.92 Å². The number of aryl methyl sites for hydroxylation is 2. The summed E-state index contributed by atoms with van der Waals surface area (Å²) >= 11 is 0. The molecule has 4 heteroatoms. The summed E-state index contributed by atoms with van der Waals surface area (Å²) in [5.74, 6) is 1.50. The summed E-state index contributed by atoms with van der Waals surface area (Å²) in [4.78, 5) is 12.3. The first-order chi connectivity index (χ1) is 18.6. The summed E-state index contributed by atoms with van der Waals surface area (Å²) in [7, 11) is 0. The van der Waals surface area contributed by atoms with Crippen LogP contribution in [0.1, 0.15) is 96.3 Å². The molecule has 2 aromatic rings. The van der Waals surface area contributed by atoms with Gasteiger partial charge in [-0.3, -0.25) is 0 Å². The van der Waals surface area contributed by atoms with Crippen LogP contribution in [0.15, 0.2) is 77.4 Å². The monoisotopic (exact) mass is 529 g/mol. The van der Waals surface area contributed by atoms with E-state index in [1.165, 1.54) is 16.7 Å². The summed E-state index contributed by atoms with van der Waals surface area (Å²) < 4.78 is 12.1. The van der Waals surface area contributed by atoms with Crippen LogP contribution < -0.4 is 14.8 Å². The van der Waals surface area contributed by atoms with Gasteiger partial charge in [-0.25, -0.2) is 4.79 Å². The zero-order valence-electron chi connectivity index (χ0n) is 24.9. The van der Waals surface area contributed by atoms with Gasteiger partial charge in [-0.15, -0.1) is 0 Å². The number of nitrogens with one attached hydrogen (secondary N) is 1. The maximum absolute atomic E-state index is 12.3. The first-order valence-corrected chi connectivity index (χ1v) is 14.4. The molecule has 0 radical (unpaired) electrons. The van der Waals surface area contributed by atoms with Gasteiger partial charge in [0.15, 0.2) is 0 Å². The highest BCUT2D eigenvalue weighted by Gasteiger charge is 2.32. The maximum atomic E-state index is 12.3. The van der Waals surface area contributed by atoms with E-state index >= 15 is 0 Å². The lowest BCUT2D eigenvalue weighted by Crippen LogP contribution is -2.36. The quantitative estimate of drug-likeness (QED) is 0.278. The largest absolute Gasteiger partial charge is 0.487 e. The van der Waals surface area contributed by atoms with Crippen LogP contribution >= 0.6 is 0 Å². The van der Waals surface area contributed by atoms with Gasteiger partial charge in [0.05, 0.1) is 0 Å². The molecule has 0 unspecified atom stereocenters. The average molecular weight is 530 g/mol. The number of benzene rings is 2.